The summed E-state index contributed by atoms with van der Waals surface area (Å²) < 4.78 is 0. The number of primary amides is 1. The average Bonchev–Trinajstić information content (AvgIpc) is 2.51. The van der Waals surface area contributed by atoms with Crippen LogP contribution in [0.5, 0.6) is 0 Å². The number of hydrogen-bond donors (Lipinski definition) is 2. The number of carbonyl (C=O) groups excluding carboxylic acids is 2. The molecule has 120 valence electrons. The van der Waals surface area contributed by atoms with Crippen molar-refractivity contribution in [2.24, 2.45) is 5.73 Å². The Labute approximate surface area is 136 Å². The topological polar surface area (TPSA) is 72.2 Å². The summed E-state index contributed by atoms with van der Waals surface area (Å²) in [5, 5.41) is 2.73. The van der Waals surface area contributed by atoms with Gasteiger partial charge in [-0.1, -0.05) is 48.5 Å². The summed E-state index contributed by atoms with van der Waals surface area (Å²) in [6, 6.07) is 14.7. The lowest BCUT2D eigenvalue weighted by Gasteiger charge is -2.16. The van der Waals surface area contributed by atoms with Crippen molar-refractivity contribution in [1.29, 1.82) is 0 Å². The smallest absolute Gasteiger partial charge is 0.240 e. The van der Waals surface area contributed by atoms with Crippen LogP contribution in [0.1, 0.15) is 22.3 Å². The van der Waals surface area contributed by atoms with Gasteiger partial charge in [0, 0.05) is 6.42 Å². The van der Waals surface area contributed by atoms with Gasteiger partial charge in [-0.15, -0.1) is 0 Å². The lowest BCUT2D eigenvalue weighted by Crippen LogP contribution is -2.46. The van der Waals surface area contributed by atoms with E-state index in [1.807, 2.05) is 62.4 Å². The molecule has 4 nitrogen and oxygen atoms in total. The summed E-state index contributed by atoms with van der Waals surface area (Å²) in [4.78, 5) is 23.8. The van der Waals surface area contributed by atoms with Crippen LogP contribution in [0.25, 0.3) is 0 Å². The molecule has 0 radical (unpaired) electrons. The van der Waals surface area contributed by atoms with Gasteiger partial charge in [0.1, 0.15) is 6.04 Å². The van der Waals surface area contributed by atoms with E-state index in [1.165, 1.54) is 5.56 Å². The molecule has 2 aromatic rings. The molecular weight excluding hydrogens is 288 g/mol. The quantitative estimate of drug-likeness (QED) is 0.857. The second kappa shape index (κ2) is 7.58. The van der Waals surface area contributed by atoms with Crippen molar-refractivity contribution in [2.75, 3.05) is 0 Å². The minimum atomic E-state index is -0.701. The molecule has 0 heterocycles. The minimum Gasteiger partial charge on any atom is -0.368 e. The molecule has 2 rings (SSSR count). The van der Waals surface area contributed by atoms with E-state index < -0.39 is 11.9 Å². The summed E-state index contributed by atoms with van der Waals surface area (Å²) in [6.07, 6.45) is 0.633. The van der Waals surface area contributed by atoms with Gasteiger partial charge in [-0.25, -0.2) is 0 Å². The van der Waals surface area contributed by atoms with E-state index in [2.05, 4.69) is 5.32 Å². The number of rotatable bonds is 6. The Balaban J connectivity index is 2.02. The van der Waals surface area contributed by atoms with Crippen molar-refractivity contribution in [2.45, 2.75) is 32.7 Å². The summed E-state index contributed by atoms with van der Waals surface area (Å²) in [6.45, 7) is 4.05. The van der Waals surface area contributed by atoms with Gasteiger partial charge in [0.15, 0.2) is 0 Å². The fourth-order valence-corrected chi connectivity index (χ4v) is 2.42. The Morgan fingerprint density at radius 1 is 1.00 bits per heavy atom. The molecule has 3 N–H and O–H groups in total. The van der Waals surface area contributed by atoms with E-state index >= 15 is 0 Å². The van der Waals surface area contributed by atoms with Crippen molar-refractivity contribution >= 4 is 11.8 Å². The Bertz CT molecular complexity index is 696. The minimum absolute atomic E-state index is 0.205. The predicted octanol–water partition coefficient (Wildman–Crippen LogP) is 2.06. The van der Waals surface area contributed by atoms with Crippen LogP contribution in [0.4, 0.5) is 0 Å². The second-order valence-corrected chi connectivity index (χ2v) is 5.81. The van der Waals surface area contributed by atoms with Gasteiger partial charge in [0.25, 0.3) is 0 Å². The fourth-order valence-electron chi connectivity index (χ4n) is 2.42. The maximum absolute atomic E-state index is 12.1. The first-order chi connectivity index (χ1) is 11.0. The van der Waals surface area contributed by atoms with Crippen molar-refractivity contribution in [3.63, 3.8) is 0 Å². The first-order valence-electron chi connectivity index (χ1n) is 7.64. The van der Waals surface area contributed by atoms with Crippen LogP contribution < -0.4 is 11.1 Å². The first-order valence-corrected chi connectivity index (χ1v) is 7.64. The molecular formula is C19H22N2O2. The van der Waals surface area contributed by atoms with E-state index in [1.54, 1.807) is 0 Å². The van der Waals surface area contributed by atoms with Crippen molar-refractivity contribution in [3.8, 4) is 0 Å². The molecule has 0 aliphatic heterocycles. The molecule has 0 aromatic heterocycles. The third-order valence-corrected chi connectivity index (χ3v) is 3.90. The highest BCUT2D eigenvalue weighted by Crippen LogP contribution is 2.12. The molecule has 0 fully saturated rings. The lowest BCUT2D eigenvalue weighted by molar-refractivity contribution is -0.127. The molecule has 0 aliphatic rings. The van der Waals surface area contributed by atoms with Gasteiger partial charge in [-0.2, -0.15) is 0 Å². The predicted molar refractivity (Wildman–Crippen MR) is 90.9 cm³/mol. The Hall–Kier alpha value is -2.62. The van der Waals surface area contributed by atoms with Crippen LogP contribution in [-0.4, -0.2) is 17.9 Å². The van der Waals surface area contributed by atoms with Gasteiger partial charge in [0.05, 0.1) is 6.42 Å². The molecule has 0 unspecified atom stereocenters. The number of carbonyl (C=O) groups is 2. The van der Waals surface area contributed by atoms with Crippen molar-refractivity contribution in [3.05, 3.63) is 70.8 Å². The van der Waals surface area contributed by atoms with E-state index in [-0.39, 0.29) is 12.3 Å². The van der Waals surface area contributed by atoms with Crippen LogP contribution in [-0.2, 0) is 22.4 Å². The maximum Gasteiger partial charge on any atom is 0.240 e. The van der Waals surface area contributed by atoms with Gasteiger partial charge in [-0.05, 0) is 36.1 Å². The monoisotopic (exact) mass is 310 g/mol. The number of amides is 2. The first kappa shape index (κ1) is 16.7. The molecule has 0 bridgehead atoms. The zero-order valence-electron chi connectivity index (χ0n) is 13.5. The van der Waals surface area contributed by atoms with Gasteiger partial charge < -0.3 is 11.1 Å². The summed E-state index contributed by atoms with van der Waals surface area (Å²) >= 11 is 0. The highest BCUT2D eigenvalue weighted by atomic mass is 16.2. The molecule has 1 atom stereocenters. The van der Waals surface area contributed by atoms with E-state index in [4.69, 9.17) is 5.73 Å². The highest BCUT2D eigenvalue weighted by Gasteiger charge is 2.19. The fraction of sp³-hybridized carbons (Fsp3) is 0.263. The largest absolute Gasteiger partial charge is 0.368 e. The normalized spacial score (nSPS) is 11.7. The SMILES string of the molecule is Cc1ccc(C[C@H](NC(=O)Cc2ccccc2)C(N)=O)cc1C. The number of aryl methyl sites for hydroxylation is 2. The molecule has 2 amide bonds. The molecule has 0 spiro atoms. The molecule has 0 saturated carbocycles. The molecule has 4 heteroatoms. The number of nitrogens with one attached hydrogen (secondary N) is 1. The van der Waals surface area contributed by atoms with Crippen LogP contribution in [0.2, 0.25) is 0 Å². The maximum atomic E-state index is 12.1. The summed E-state index contributed by atoms with van der Waals surface area (Å²) in [7, 11) is 0. The molecule has 0 saturated heterocycles. The van der Waals surface area contributed by atoms with Crippen molar-refractivity contribution in [1.82, 2.24) is 5.32 Å². The second-order valence-electron chi connectivity index (χ2n) is 5.81. The summed E-state index contributed by atoms with van der Waals surface area (Å²) in [5.41, 5.74) is 9.67. The molecule has 23 heavy (non-hydrogen) atoms. The van der Waals surface area contributed by atoms with Gasteiger partial charge in [0.2, 0.25) is 11.8 Å². The Kier molecular flexibility index (Phi) is 5.52. The van der Waals surface area contributed by atoms with Gasteiger partial charge >= 0.3 is 0 Å². The number of nitrogens with two attached hydrogens (primary N) is 1. The van der Waals surface area contributed by atoms with Crippen molar-refractivity contribution < 1.29 is 9.59 Å². The summed E-state index contributed by atoms with van der Waals surface area (Å²) in [5.74, 6) is -0.728. The Morgan fingerprint density at radius 2 is 1.70 bits per heavy atom. The van der Waals surface area contributed by atoms with Crippen LogP contribution in [0, 0.1) is 13.8 Å². The lowest BCUT2D eigenvalue weighted by atomic mass is 10.0. The standard InChI is InChI=1S/C19H22N2O2/c1-13-8-9-16(10-14(13)2)11-17(19(20)23)21-18(22)12-15-6-4-3-5-7-15/h3-10,17H,11-12H2,1-2H3,(H2,20,23)(H,21,22)/t17-/m0/s1. The Morgan fingerprint density at radius 3 is 2.30 bits per heavy atom. The zero-order chi connectivity index (χ0) is 16.8. The van der Waals surface area contributed by atoms with Crippen LogP contribution in [0.15, 0.2) is 48.5 Å². The van der Waals surface area contributed by atoms with E-state index in [9.17, 15) is 9.59 Å². The third-order valence-electron chi connectivity index (χ3n) is 3.90. The highest BCUT2D eigenvalue weighted by molar-refractivity contribution is 5.87. The van der Waals surface area contributed by atoms with E-state index in [0.717, 1.165) is 16.7 Å². The number of hydrogen-bond acceptors (Lipinski definition) is 2. The van der Waals surface area contributed by atoms with E-state index in [0.29, 0.717) is 6.42 Å². The molecule has 2 aromatic carbocycles. The van der Waals surface area contributed by atoms with Crippen LogP contribution in [0.3, 0.4) is 0 Å². The zero-order valence-corrected chi connectivity index (χ0v) is 13.5. The third kappa shape index (κ3) is 4.95. The van der Waals surface area contributed by atoms with Crippen LogP contribution >= 0.6 is 0 Å². The number of benzene rings is 2. The average molecular weight is 310 g/mol. The van der Waals surface area contributed by atoms with Gasteiger partial charge in [-0.3, -0.25) is 9.59 Å². The molecule has 0 aliphatic carbocycles.